The second-order valence-corrected chi connectivity index (χ2v) is 9.34. The highest BCUT2D eigenvalue weighted by Crippen LogP contribution is 2.37. The fourth-order valence-electron chi connectivity index (χ4n) is 4.25. The van der Waals surface area contributed by atoms with Crippen molar-refractivity contribution in [1.82, 2.24) is 10.3 Å². The first-order valence-corrected chi connectivity index (χ1v) is 12.3. The largest absolute Gasteiger partial charge is 0.485 e. The standard InChI is InChI=1S/C25H22F3N3O4S/c26-18-5-3-17(20-13-36-25(29-20)31-7-9-34-10-8-31)23(22(18)28)35-12-14-1-2-15(19(27)11-14)16-4-6-21(32)30-24(16)33/h1-3,5,11,13,16H,4,6-10,12H2,(H,30,32,33). The molecule has 188 valence electrons. The molecule has 2 aliphatic heterocycles. The maximum atomic E-state index is 14.8. The van der Waals surface area contributed by atoms with E-state index in [0.717, 1.165) is 11.2 Å². The predicted octanol–water partition coefficient (Wildman–Crippen LogP) is 4.16. The molecule has 11 heteroatoms. The zero-order chi connectivity index (χ0) is 25.2. The molecule has 0 radical (unpaired) electrons. The molecule has 5 rings (SSSR count). The number of rotatable bonds is 6. The fourth-order valence-corrected chi connectivity index (χ4v) is 5.13. The Hall–Kier alpha value is -3.44. The number of thiazole rings is 1. The summed E-state index contributed by atoms with van der Waals surface area (Å²) in [5, 5.41) is 4.71. The van der Waals surface area contributed by atoms with Crippen molar-refractivity contribution in [2.75, 3.05) is 31.2 Å². The number of carbonyl (C=O) groups excluding carboxylic acids is 2. The van der Waals surface area contributed by atoms with Crippen LogP contribution in [0.4, 0.5) is 18.3 Å². The molecule has 1 aromatic heterocycles. The van der Waals surface area contributed by atoms with Crippen LogP contribution in [-0.2, 0) is 20.9 Å². The van der Waals surface area contributed by atoms with Gasteiger partial charge in [0.05, 0.1) is 24.8 Å². The van der Waals surface area contributed by atoms with Gasteiger partial charge in [0.1, 0.15) is 12.4 Å². The van der Waals surface area contributed by atoms with Gasteiger partial charge in [-0.1, -0.05) is 12.1 Å². The zero-order valence-electron chi connectivity index (χ0n) is 19.1. The number of imide groups is 1. The summed E-state index contributed by atoms with van der Waals surface area (Å²) < 4.78 is 54.7. The number of nitrogens with one attached hydrogen (secondary N) is 1. The number of morpholine rings is 1. The van der Waals surface area contributed by atoms with Gasteiger partial charge in [0.2, 0.25) is 17.6 Å². The van der Waals surface area contributed by atoms with Crippen molar-refractivity contribution in [2.45, 2.75) is 25.4 Å². The Labute approximate surface area is 208 Å². The van der Waals surface area contributed by atoms with Gasteiger partial charge in [-0.15, -0.1) is 11.3 Å². The van der Waals surface area contributed by atoms with Gasteiger partial charge in [0.25, 0.3) is 0 Å². The van der Waals surface area contributed by atoms with Crippen molar-refractivity contribution in [2.24, 2.45) is 0 Å². The molecule has 36 heavy (non-hydrogen) atoms. The third kappa shape index (κ3) is 4.93. The molecule has 1 unspecified atom stereocenters. The highest BCUT2D eigenvalue weighted by atomic mass is 32.1. The third-order valence-electron chi connectivity index (χ3n) is 6.16. The lowest BCUT2D eigenvalue weighted by Gasteiger charge is -2.26. The molecule has 3 heterocycles. The van der Waals surface area contributed by atoms with Crippen molar-refractivity contribution in [3.8, 4) is 17.0 Å². The van der Waals surface area contributed by atoms with E-state index in [1.807, 2.05) is 0 Å². The first-order valence-electron chi connectivity index (χ1n) is 11.4. The second kappa shape index (κ2) is 10.3. The van der Waals surface area contributed by atoms with Gasteiger partial charge in [-0.3, -0.25) is 14.9 Å². The Balaban J connectivity index is 1.35. The molecule has 2 fully saturated rings. The van der Waals surface area contributed by atoms with E-state index in [0.29, 0.717) is 37.6 Å². The van der Waals surface area contributed by atoms with Crippen LogP contribution in [0.15, 0.2) is 35.7 Å². The van der Waals surface area contributed by atoms with Crippen LogP contribution in [-0.4, -0.2) is 43.1 Å². The first-order chi connectivity index (χ1) is 17.4. The van der Waals surface area contributed by atoms with Crippen LogP contribution in [0.2, 0.25) is 0 Å². The lowest BCUT2D eigenvalue weighted by Crippen LogP contribution is -2.39. The van der Waals surface area contributed by atoms with E-state index >= 15 is 0 Å². The molecular weight excluding hydrogens is 495 g/mol. The average molecular weight is 518 g/mol. The van der Waals surface area contributed by atoms with Crippen LogP contribution in [0.5, 0.6) is 5.75 Å². The molecule has 0 saturated carbocycles. The van der Waals surface area contributed by atoms with E-state index in [4.69, 9.17) is 9.47 Å². The molecule has 2 saturated heterocycles. The maximum Gasteiger partial charge on any atom is 0.234 e. The Kier molecular flexibility index (Phi) is 6.92. The van der Waals surface area contributed by atoms with E-state index < -0.39 is 29.3 Å². The zero-order valence-corrected chi connectivity index (χ0v) is 19.9. The minimum Gasteiger partial charge on any atom is -0.485 e. The molecule has 7 nitrogen and oxygen atoms in total. The number of hydrogen-bond donors (Lipinski definition) is 1. The third-order valence-corrected chi connectivity index (χ3v) is 7.06. The highest BCUT2D eigenvalue weighted by molar-refractivity contribution is 7.14. The van der Waals surface area contributed by atoms with Crippen molar-refractivity contribution < 1.29 is 32.2 Å². The SMILES string of the molecule is O=C1CCC(c2ccc(COc3c(-c4csc(N5CCOCC5)n4)ccc(F)c3F)cc2F)C(=O)N1. The summed E-state index contributed by atoms with van der Waals surface area (Å²) in [7, 11) is 0. The van der Waals surface area contributed by atoms with Gasteiger partial charge in [0.15, 0.2) is 16.7 Å². The Morgan fingerprint density at radius 2 is 1.92 bits per heavy atom. The van der Waals surface area contributed by atoms with Crippen LogP contribution in [0.1, 0.15) is 29.9 Å². The number of amides is 2. The average Bonchev–Trinajstić information content (AvgIpc) is 3.36. The van der Waals surface area contributed by atoms with Crippen molar-refractivity contribution in [3.63, 3.8) is 0 Å². The number of ether oxygens (including phenoxy) is 2. The lowest BCUT2D eigenvalue weighted by atomic mass is 9.89. The van der Waals surface area contributed by atoms with Crippen LogP contribution >= 0.6 is 11.3 Å². The summed E-state index contributed by atoms with van der Waals surface area (Å²) in [5.41, 5.74) is 1.25. The van der Waals surface area contributed by atoms with E-state index in [1.54, 1.807) is 11.4 Å². The van der Waals surface area contributed by atoms with Gasteiger partial charge in [-0.05, 0) is 30.2 Å². The van der Waals surface area contributed by atoms with Crippen LogP contribution in [0.25, 0.3) is 11.3 Å². The summed E-state index contributed by atoms with van der Waals surface area (Å²) >= 11 is 1.39. The summed E-state index contributed by atoms with van der Waals surface area (Å²) in [6.45, 7) is 2.32. The molecule has 1 N–H and O–H groups in total. The van der Waals surface area contributed by atoms with E-state index in [1.165, 1.54) is 29.5 Å². The molecular formula is C25H22F3N3O4S. The van der Waals surface area contributed by atoms with Crippen molar-refractivity contribution in [1.29, 1.82) is 0 Å². The van der Waals surface area contributed by atoms with Crippen LogP contribution < -0.4 is 15.0 Å². The number of hydrogen-bond acceptors (Lipinski definition) is 7. The van der Waals surface area contributed by atoms with E-state index in [-0.39, 0.29) is 42.2 Å². The monoisotopic (exact) mass is 517 g/mol. The fraction of sp³-hybridized carbons (Fsp3) is 0.320. The Morgan fingerprint density at radius 3 is 2.67 bits per heavy atom. The molecule has 0 aliphatic carbocycles. The van der Waals surface area contributed by atoms with Gasteiger partial charge in [0, 0.05) is 36.0 Å². The van der Waals surface area contributed by atoms with Crippen LogP contribution in [0.3, 0.4) is 0 Å². The minimum absolute atomic E-state index is 0.131. The minimum atomic E-state index is -1.16. The van der Waals surface area contributed by atoms with Gasteiger partial charge < -0.3 is 14.4 Å². The number of anilines is 1. The van der Waals surface area contributed by atoms with Crippen LogP contribution in [0, 0.1) is 17.5 Å². The molecule has 2 amide bonds. The summed E-state index contributed by atoms with van der Waals surface area (Å²) in [4.78, 5) is 30.1. The van der Waals surface area contributed by atoms with Crippen molar-refractivity contribution in [3.05, 3.63) is 64.3 Å². The molecule has 3 aromatic rings. The number of piperidine rings is 1. The normalized spacial score (nSPS) is 18.3. The quantitative estimate of drug-likeness (QED) is 0.495. The summed E-state index contributed by atoms with van der Waals surface area (Å²) in [5.74, 6) is -4.88. The Morgan fingerprint density at radius 1 is 1.11 bits per heavy atom. The molecule has 2 aliphatic rings. The molecule has 1 atom stereocenters. The number of benzene rings is 2. The molecule has 2 aromatic carbocycles. The molecule has 0 spiro atoms. The number of carbonyl (C=O) groups is 2. The summed E-state index contributed by atoms with van der Waals surface area (Å²) in [6, 6.07) is 6.61. The van der Waals surface area contributed by atoms with E-state index in [2.05, 4.69) is 15.2 Å². The second-order valence-electron chi connectivity index (χ2n) is 8.50. The summed E-state index contributed by atoms with van der Waals surface area (Å²) in [6.07, 6.45) is 0.349. The van der Waals surface area contributed by atoms with Crippen molar-refractivity contribution >= 4 is 28.3 Å². The number of nitrogens with zero attached hydrogens (tertiary/aromatic N) is 2. The smallest absolute Gasteiger partial charge is 0.234 e. The predicted molar refractivity (Wildman–Crippen MR) is 126 cm³/mol. The van der Waals surface area contributed by atoms with Gasteiger partial charge >= 0.3 is 0 Å². The highest BCUT2D eigenvalue weighted by Gasteiger charge is 2.30. The maximum absolute atomic E-state index is 14.8. The topological polar surface area (TPSA) is 80.8 Å². The van der Waals surface area contributed by atoms with Gasteiger partial charge in [-0.25, -0.2) is 13.8 Å². The molecule has 0 bridgehead atoms. The van der Waals surface area contributed by atoms with E-state index in [9.17, 15) is 22.8 Å². The van der Waals surface area contributed by atoms with Gasteiger partial charge in [-0.2, -0.15) is 4.39 Å². The number of aromatic nitrogens is 1. The number of halogens is 3. The Bertz CT molecular complexity index is 1310. The first kappa shape index (κ1) is 24.3. The lowest BCUT2D eigenvalue weighted by molar-refractivity contribution is -0.134.